The van der Waals surface area contributed by atoms with Crippen LogP contribution in [-0.4, -0.2) is 10.7 Å². The Bertz CT molecular complexity index is 581. The Kier molecular flexibility index (Phi) is 4.11. The second-order valence-electron chi connectivity index (χ2n) is 3.38. The molecule has 2 aromatic heterocycles. The third-order valence-electron chi connectivity index (χ3n) is 2.09. The Morgan fingerprint density at radius 3 is 2.78 bits per heavy atom. The molecule has 0 aliphatic carbocycles. The maximum atomic E-state index is 5.95. The number of hydrogen-bond acceptors (Lipinski definition) is 4. The van der Waals surface area contributed by atoms with E-state index in [9.17, 15) is 0 Å². The molecule has 0 aromatic carbocycles. The van der Waals surface area contributed by atoms with Crippen LogP contribution in [0.4, 0.5) is 5.82 Å². The van der Waals surface area contributed by atoms with E-state index in [2.05, 4.69) is 15.5 Å². The van der Waals surface area contributed by atoms with Crippen LogP contribution in [0.5, 0.6) is 0 Å². The van der Waals surface area contributed by atoms with E-state index in [4.69, 9.17) is 39.2 Å². The molecule has 0 saturated carbocycles. The molecule has 2 heterocycles. The van der Waals surface area contributed by atoms with Crippen LogP contribution >= 0.6 is 34.8 Å². The third-order valence-corrected chi connectivity index (χ3v) is 3.06. The summed E-state index contributed by atoms with van der Waals surface area (Å²) in [5.74, 6) is 0.982. The molecule has 94 valence electrons. The number of nitrogens with one attached hydrogen (secondary N) is 1. The lowest BCUT2D eigenvalue weighted by Gasteiger charge is -2.05. The minimum atomic E-state index is 0.161. The van der Waals surface area contributed by atoms with Gasteiger partial charge in [0.05, 0.1) is 16.3 Å². The molecule has 0 spiro atoms. The standard InChI is InChI=1S/C11H8Cl3N3O/c1-6(9-3-2-4-18-9)16-17-11-8(13)5-7(12)10(14)15-11/h2-5H,1H3,(H,15,17)/b16-6-. The van der Waals surface area contributed by atoms with Crippen molar-refractivity contribution < 1.29 is 4.42 Å². The van der Waals surface area contributed by atoms with Crippen LogP contribution in [0, 0.1) is 0 Å². The van der Waals surface area contributed by atoms with Crippen LogP contribution in [0.2, 0.25) is 15.2 Å². The summed E-state index contributed by atoms with van der Waals surface area (Å²) in [5.41, 5.74) is 3.37. The van der Waals surface area contributed by atoms with Crippen molar-refractivity contribution in [3.8, 4) is 0 Å². The van der Waals surface area contributed by atoms with Gasteiger partial charge in [-0.1, -0.05) is 34.8 Å². The first-order chi connectivity index (χ1) is 8.58. The lowest BCUT2D eigenvalue weighted by Crippen LogP contribution is -2.00. The van der Waals surface area contributed by atoms with E-state index < -0.39 is 0 Å². The van der Waals surface area contributed by atoms with Gasteiger partial charge >= 0.3 is 0 Å². The summed E-state index contributed by atoms with van der Waals surface area (Å²) >= 11 is 17.5. The van der Waals surface area contributed by atoms with Crippen LogP contribution < -0.4 is 5.43 Å². The minimum Gasteiger partial charge on any atom is -0.463 e. The van der Waals surface area contributed by atoms with Gasteiger partial charge in [-0.25, -0.2) is 4.98 Å². The van der Waals surface area contributed by atoms with Crippen LogP contribution in [0.25, 0.3) is 0 Å². The maximum Gasteiger partial charge on any atom is 0.166 e. The molecule has 18 heavy (non-hydrogen) atoms. The SMILES string of the molecule is C/C(=N/Nc1nc(Cl)c(Cl)cc1Cl)c1ccco1. The fourth-order valence-corrected chi connectivity index (χ4v) is 1.74. The first-order valence-corrected chi connectivity index (χ1v) is 6.07. The Hall–Kier alpha value is -1.23. The lowest BCUT2D eigenvalue weighted by atomic mass is 10.3. The largest absolute Gasteiger partial charge is 0.463 e. The number of nitrogens with zero attached hydrogens (tertiary/aromatic N) is 2. The Labute approximate surface area is 119 Å². The average molecular weight is 305 g/mol. The third kappa shape index (κ3) is 2.96. The molecule has 0 fully saturated rings. The molecule has 1 N–H and O–H groups in total. The summed E-state index contributed by atoms with van der Waals surface area (Å²) in [6.45, 7) is 1.79. The second kappa shape index (κ2) is 5.61. The molecule has 0 atom stereocenters. The van der Waals surface area contributed by atoms with Gasteiger partial charge in [-0.3, -0.25) is 5.43 Å². The summed E-state index contributed by atoms with van der Waals surface area (Å²) in [5, 5.41) is 4.88. The molecule has 0 aliphatic heterocycles. The van der Waals surface area contributed by atoms with Gasteiger partial charge in [-0.15, -0.1) is 0 Å². The smallest absolute Gasteiger partial charge is 0.166 e. The highest BCUT2D eigenvalue weighted by atomic mass is 35.5. The molecule has 0 saturated heterocycles. The van der Waals surface area contributed by atoms with Gasteiger partial charge in [-0.05, 0) is 25.1 Å². The monoisotopic (exact) mass is 303 g/mol. The van der Waals surface area contributed by atoms with Crippen molar-refractivity contribution in [1.29, 1.82) is 0 Å². The number of furan rings is 1. The molecule has 0 unspecified atom stereocenters. The fourth-order valence-electron chi connectivity index (χ4n) is 1.20. The predicted molar refractivity (Wildman–Crippen MR) is 73.8 cm³/mol. The number of pyridine rings is 1. The lowest BCUT2D eigenvalue weighted by molar-refractivity contribution is 0.557. The molecule has 0 aliphatic rings. The summed E-state index contributed by atoms with van der Waals surface area (Å²) in [7, 11) is 0. The number of rotatable bonds is 3. The highest BCUT2D eigenvalue weighted by Crippen LogP contribution is 2.28. The number of hydrazone groups is 1. The highest BCUT2D eigenvalue weighted by Gasteiger charge is 2.07. The van der Waals surface area contributed by atoms with Gasteiger partial charge in [0, 0.05) is 0 Å². The van der Waals surface area contributed by atoms with Crippen LogP contribution in [0.3, 0.4) is 0 Å². The normalized spacial score (nSPS) is 11.7. The summed E-state index contributed by atoms with van der Waals surface area (Å²) in [6.07, 6.45) is 1.57. The van der Waals surface area contributed by atoms with E-state index in [1.54, 1.807) is 25.3 Å². The van der Waals surface area contributed by atoms with E-state index in [-0.39, 0.29) is 5.15 Å². The van der Waals surface area contributed by atoms with Crippen molar-refractivity contribution in [2.45, 2.75) is 6.92 Å². The number of hydrogen-bond donors (Lipinski definition) is 1. The average Bonchev–Trinajstić information content (AvgIpc) is 2.85. The fraction of sp³-hybridized carbons (Fsp3) is 0.0909. The number of anilines is 1. The zero-order chi connectivity index (χ0) is 13.1. The maximum absolute atomic E-state index is 5.95. The topological polar surface area (TPSA) is 50.4 Å². The van der Waals surface area contributed by atoms with Gasteiger partial charge in [0.25, 0.3) is 0 Å². The zero-order valence-corrected chi connectivity index (χ0v) is 11.5. The second-order valence-corrected chi connectivity index (χ2v) is 4.55. The van der Waals surface area contributed by atoms with E-state index >= 15 is 0 Å². The molecular weight excluding hydrogens is 297 g/mol. The van der Waals surface area contributed by atoms with Crippen molar-refractivity contribution >= 4 is 46.3 Å². The van der Waals surface area contributed by atoms with Gasteiger partial charge < -0.3 is 4.42 Å². The van der Waals surface area contributed by atoms with Crippen molar-refractivity contribution in [3.63, 3.8) is 0 Å². The molecular formula is C11H8Cl3N3O. The Morgan fingerprint density at radius 2 is 2.11 bits per heavy atom. The predicted octanol–water partition coefficient (Wildman–Crippen LogP) is 4.47. The van der Waals surface area contributed by atoms with E-state index in [0.29, 0.717) is 27.3 Å². The molecule has 4 nitrogen and oxygen atoms in total. The zero-order valence-electron chi connectivity index (χ0n) is 9.25. The van der Waals surface area contributed by atoms with Crippen molar-refractivity contribution in [2.24, 2.45) is 5.10 Å². The molecule has 0 radical (unpaired) electrons. The van der Waals surface area contributed by atoms with Gasteiger partial charge in [0.2, 0.25) is 0 Å². The number of halogens is 3. The first kappa shape index (κ1) is 13.2. The summed E-state index contributed by atoms with van der Waals surface area (Å²) in [4.78, 5) is 3.98. The van der Waals surface area contributed by atoms with Crippen LogP contribution in [0.15, 0.2) is 34.0 Å². The molecule has 7 heteroatoms. The minimum absolute atomic E-state index is 0.161. The van der Waals surface area contributed by atoms with Gasteiger partial charge in [-0.2, -0.15) is 5.10 Å². The van der Waals surface area contributed by atoms with Crippen molar-refractivity contribution in [3.05, 3.63) is 45.4 Å². The first-order valence-electron chi connectivity index (χ1n) is 4.93. The molecule has 0 amide bonds. The molecule has 2 aromatic rings. The molecule has 0 bridgehead atoms. The summed E-state index contributed by atoms with van der Waals surface area (Å²) < 4.78 is 5.19. The van der Waals surface area contributed by atoms with Crippen LogP contribution in [0.1, 0.15) is 12.7 Å². The van der Waals surface area contributed by atoms with Gasteiger partial charge in [0.1, 0.15) is 16.6 Å². The van der Waals surface area contributed by atoms with Gasteiger partial charge in [0.15, 0.2) is 5.82 Å². The van der Waals surface area contributed by atoms with E-state index in [1.807, 2.05) is 0 Å². The highest BCUT2D eigenvalue weighted by molar-refractivity contribution is 6.42. The van der Waals surface area contributed by atoms with Crippen molar-refractivity contribution in [1.82, 2.24) is 4.98 Å². The van der Waals surface area contributed by atoms with Crippen LogP contribution in [-0.2, 0) is 0 Å². The quantitative estimate of drug-likeness (QED) is 0.517. The Morgan fingerprint density at radius 1 is 1.33 bits per heavy atom. The number of aromatic nitrogens is 1. The van der Waals surface area contributed by atoms with Crippen molar-refractivity contribution in [2.75, 3.05) is 5.43 Å². The Balaban J connectivity index is 2.20. The summed E-state index contributed by atoms with van der Waals surface area (Å²) in [6, 6.07) is 5.07. The molecule has 2 rings (SSSR count). The van der Waals surface area contributed by atoms with E-state index in [0.717, 1.165) is 0 Å². The van der Waals surface area contributed by atoms with E-state index in [1.165, 1.54) is 6.07 Å².